The fourth-order valence-electron chi connectivity index (χ4n) is 2.43. The number of ether oxygens (including phenoxy) is 2. The van der Waals surface area contributed by atoms with Gasteiger partial charge in [-0.25, -0.2) is 8.78 Å². The van der Waals surface area contributed by atoms with Gasteiger partial charge in [0.2, 0.25) is 6.10 Å². The number of amides is 1. The maximum absolute atomic E-state index is 13.9. The first-order chi connectivity index (χ1) is 11.5. The van der Waals surface area contributed by atoms with Crippen LogP contribution in [0.3, 0.4) is 0 Å². The largest absolute Gasteiger partial charge is 0.447 e. The van der Waals surface area contributed by atoms with Crippen molar-refractivity contribution >= 4 is 11.9 Å². The summed E-state index contributed by atoms with van der Waals surface area (Å²) in [6.45, 7) is 4.69. The monoisotopic (exact) mass is 342 g/mol. The Balaban J connectivity index is 2.01. The number of halogens is 2. The van der Waals surface area contributed by atoms with Crippen molar-refractivity contribution in [2.24, 2.45) is 0 Å². The molecule has 2 rings (SSSR count). The highest BCUT2D eigenvalue weighted by molar-refractivity contribution is 5.84. The van der Waals surface area contributed by atoms with Gasteiger partial charge in [0.1, 0.15) is 11.6 Å². The average molecular weight is 342 g/mol. The van der Waals surface area contributed by atoms with Crippen molar-refractivity contribution in [3.63, 3.8) is 0 Å². The zero-order valence-corrected chi connectivity index (χ0v) is 13.4. The highest BCUT2D eigenvalue weighted by Crippen LogP contribution is 2.24. The molecule has 1 atom stereocenters. The summed E-state index contributed by atoms with van der Waals surface area (Å²) in [4.78, 5) is 25.6. The summed E-state index contributed by atoms with van der Waals surface area (Å²) in [5, 5.41) is 2.56. The van der Waals surface area contributed by atoms with E-state index in [1.807, 2.05) is 0 Å². The van der Waals surface area contributed by atoms with E-state index in [9.17, 15) is 18.4 Å². The molecule has 0 bridgehead atoms. The van der Waals surface area contributed by atoms with Crippen molar-refractivity contribution in [3.8, 4) is 0 Å². The summed E-state index contributed by atoms with van der Waals surface area (Å²) in [6.07, 6.45) is -1.66. The molecule has 0 saturated carbocycles. The molecule has 1 aromatic carbocycles. The first-order valence-corrected chi connectivity index (χ1v) is 7.68. The summed E-state index contributed by atoms with van der Waals surface area (Å²) in [7, 11) is 0. The van der Waals surface area contributed by atoms with Gasteiger partial charge in [0.15, 0.2) is 0 Å². The minimum Gasteiger partial charge on any atom is -0.447 e. The third-order valence-electron chi connectivity index (χ3n) is 3.61. The van der Waals surface area contributed by atoms with E-state index in [-0.39, 0.29) is 6.54 Å². The van der Waals surface area contributed by atoms with Gasteiger partial charge in [-0.1, -0.05) is 6.07 Å². The number of hydrogen-bond donors (Lipinski definition) is 1. The van der Waals surface area contributed by atoms with Crippen LogP contribution < -0.4 is 5.32 Å². The van der Waals surface area contributed by atoms with Crippen molar-refractivity contribution in [2.45, 2.75) is 13.0 Å². The molecule has 6 nitrogen and oxygen atoms in total. The molecule has 1 amide bonds. The van der Waals surface area contributed by atoms with Gasteiger partial charge in [0.05, 0.1) is 18.8 Å². The quantitative estimate of drug-likeness (QED) is 0.782. The van der Waals surface area contributed by atoms with Gasteiger partial charge >= 0.3 is 5.97 Å². The molecule has 1 aromatic rings. The Morgan fingerprint density at radius 1 is 1.29 bits per heavy atom. The lowest BCUT2D eigenvalue weighted by Crippen LogP contribution is -2.42. The number of nitrogens with zero attached hydrogens (tertiary/aromatic N) is 1. The second-order valence-corrected chi connectivity index (χ2v) is 5.37. The molecule has 1 aliphatic heterocycles. The van der Waals surface area contributed by atoms with Crippen molar-refractivity contribution in [3.05, 3.63) is 35.4 Å². The van der Waals surface area contributed by atoms with Gasteiger partial charge in [-0.3, -0.25) is 14.5 Å². The average Bonchev–Trinajstić information content (AvgIpc) is 2.54. The Bertz CT molecular complexity index is 571. The normalized spacial score (nSPS) is 16.5. The summed E-state index contributed by atoms with van der Waals surface area (Å²) in [5.41, 5.74) is -0.573. The van der Waals surface area contributed by atoms with Gasteiger partial charge in [-0.2, -0.15) is 0 Å². The van der Waals surface area contributed by atoms with E-state index >= 15 is 0 Å². The molecular formula is C16H20F2N2O4. The lowest BCUT2D eigenvalue weighted by molar-refractivity contribution is -0.154. The van der Waals surface area contributed by atoms with E-state index in [4.69, 9.17) is 9.47 Å². The number of morpholine rings is 1. The third-order valence-corrected chi connectivity index (χ3v) is 3.61. The van der Waals surface area contributed by atoms with E-state index in [1.54, 1.807) is 0 Å². The molecule has 0 aromatic heterocycles. The van der Waals surface area contributed by atoms with E-state index < -0.39 is 35.2 Å². The predicted octanol–water partition coefficient (Wildman–Crippen LogP) is 1.02. The van der Waals surface area contributed by atoms with Crippen LogP contribution in [0.2, 0.25) is 0 Å². The Morgan fingerprint density at radius 3 is 2.50 bits per heavy atom. The van der Waals surface area contributed by atoms with Crippen LogP contribution in [-0.4, -0.2) is 56.2 Å². The fourth-order valence-corrected chi connectivity index (χ4v) is 2.43. The number of carbonyl (C=O) groups excluding carboxylic acids is 2. The molecule has 0 unspecified atom stereocenters. The van der Waals surface area contributed by atoms with Crippen LogP contribution in [-0.2, 0) is 19.1 Å². The van der Waals surface area contributed by atoms with Crippen molar-refractivity contribution < 1.29 is 27.8 Å². The number of rotatable bonds is 6. The SMILES string of the molecule is CC(=O)O[C@@H](C(=O)NCCN1CCOCC1)c1c(F)cccc1F. The van der Waals surface area contributed by atoms with Crippen LogP contribution in [0.15, 0.2) is 18.2 Å². The zero-order valence-electron chi connectivity index (χ0n) is 13.4. The maximum Gasteiger partial charge on any atom is 0.303 e. The summed E-state index contributed by atoms with van der Waals surface area (Å²) in [6, 6.07) is 3.20. The second-order valence-electron chi connectivity index (χ2n) is 5.37. The van der Waals surface area contributed by atoms with Gasteiger partial charge < -0.3 is 14.8 Å². The number of hydrogen-bond acceptors (Lipinski definition) is 5. The summed E-state index contributed by atoms with van der Waals surface area (Å²) < 4.78 is 37.8. The molecule has 1 N–H and O–H groups in total. The number of esters is 1. The van der Waals surface area contributed by atoms with Gasteiger partial charge in [0.25, 0.3) is 5.91 Å². The minimum absolute atomic E-state index is 0.271. The molecule has 0 spiro atoms. The lowest BCUT2D eigenvalue weighted by atomic mass is 10.1. The van der Waals surface area contributed by atoms with E-state index in [0.29, 0.717) is 19.8 Å². The topological polar surface area (TPSA) is 67.9 Å². The smallest absolute Gasteiger partial charge is 0.303 e. The highest BCUT2D eigenvalue weighted by atomic mass is 19.1. The van der Waals surface area contributed by atoms with E-state index in [0.717, 1.165) is 32.1 Å². The lowest BCUT2D eigenvalue weighted by Gasteiger charge is -2.26. The molecular weight excluding hydrogens is 322 g/mol. The van der Waals surface area contributed by atoms with Gasteiger partial charge in [-0.15, -0.1) is 0 Å². The van der Waals surface area contributed by atoms with Crippen molar-refractivity contribution in [1.29, 1.82) is 0 Å². The molecule has 1 saturated heterocycles. The number of benzene rings is 1. The third kappa shape index (κ3) is 4.97. The van der Waals surface area contributed by atoms with Gasteiger partial charge in [0, 0.05) is 33.1 Å². The second kappa shape index (κ2) is 8.70. The molecule has 0 aliphatic carbocycles. The highest BCUT2D eigenvalue weighted by Gasteiger charge is 2.29. The molecule has 1 fully saturated rings. The number of nitrogens with one attached hydrogen (secondary N) is 1. The fraction of sp³-hybridized carbons (Fsp3) is 0.500. The maximum atomic E-state index is 13.9. The first kappa shape index (κ1) is 18.3. The van der Waals surface area contributed by atoms with Crippen LogP contribution in [0.4, 0.5) is 8.78 Å². The summed E-state index contributed by atoms with van der Waals surface area (Å²) >= 11 is 0. The zero-order chi connectivity index (χ0) is 17.5. The molecule has 24 heavy (non-hydrogen) atoms. The molecule has 132 valence electrons. The van der Waals surface area contributed by atoms with Crippen LogP contribution in [0.1, 0.15) is 18.6 Å². The van der Waals surface area contributed by atoms with E-state index in [2.05, 4.69) is 10.2 Å². The van der Waals surface area contributed by atoms with E-state index in [1.165, 1.54) is 6.07 Å². The van der Waals surface area contributed by atoms with Crippen molar-refractivity contribution in [1.82, 2.24) is 10.2 Å². The standard InChI is InChI=1S/C16H20F2N2O4/c1-11(21)24-15(14-12(17)3-2-4-13(14)18)16(22)19-5-6-20-7-9-23-10-8-20/h2-4,15H,5-10H2,1H3,(H,19,22)/t15-/m1/s1. The first-order valence-electron chi connectivity index (χ1n) is 7.68. The number of carbonyl (C=O) groups is 2. The van der Waals surface area contributed by atoms with Crippen LogP contribution in [0.25, 0.3) is 0 Å². The van der Waals surface area contributed by atoms with Crippen LogP contribution >= 0.6 is 0 Å². The Hall–Kier alpha value is -2.06. The Kier molecular flexibility index (Phi) is 6.62. The van der Waals surface area contributed by atoms with Gasteiger partial charge in [-0.05, 0) is 12.1 Å². The Labute approximate surface area is 138 Å². The van der Waals surface area contributed by atoms with Crippen LogP contribution in [0.5, 0.6) is 0 Å². The predicted molar refractivity (Wildman–Crippen MR) is 81.1 cm³/mol. The van der Waals surface area contributed by atoms with Crippen molar-refractivity contribution in [2.75, 3.05) is 39.4 Å². The Morgan fingerprint density at radius 2 is 1.92 bits per heavy atom. The molecule has 8 heteroatoms. The summed E-state index contributed by atoms with van der Waals surface area (Å²) in [5.74, 6) is -3.44. The van der Waals surface area contributed by atoms with Crippen LogP contribution in [0, 0.1) is 11.6 Å². The molecule has 1 heterocycles. The minimum atomic E-state index is -1.66. The molecule has 0 radical (unpaired) electrons. The molecule has 1 aliphatic rings.